The zero-order valence-corrected chi connectivity index (χ0v) is 17.3. The molecule has 0 fully saturated rings. The predicted molar refractivity (Wildman–Crippen MR) is 113 cm³/mol. The van der Waals surface area contributed by atoms with Gasteiger partial charge in [0.2, 0.25) is 5.91 Å². The number of benzene rings is 1. The molecular weight excluding hydrogens is 352 g/mol. The van der Waals surface area contributed by atoms with Crippen molar-refractivity contribution in [1.82, 2.24) is 16.0 Å². The lowest BCUT2D eigenvalue weighted by atomic mass is 9.92. The summed E-state index contributed by atoms with van der Waals surface area (Å²) >= 11 is 0. The fourth-order valence-electron chi connectivity index (χ4n) is 2.69. The number of guanidine groups is 1. The van der Waals surface area contributed by atoms with Crippen molar-refractivity contribution in [2.45, 2.75) is 40.2 Å². The Morgan fingerprint density at radius 1 is 1.14 bits per heavy atom. The SMILES string of the molecule is CCNC(=O)C(C)(C)CN=C(NCCc1ccco1)NC(C)c1ccccc1. The fourth-order valence-corrected chi connectivity index (χ4v) is 2.69. The van der Waals surface area contributed by atoms with Gasteiger partial charge in [-0.15, -0.1) is 0 Å². The molecule has 1 atom stereocenters. The first-order valence-corrected chi connectivity index (χ1v) is 9.83. The van der Waals surface area contributed by atoms with Crippen molar-refractivity contribution in [3.63, 3.8) is 0 Å². The van der Waals surface area contributed by atoms with Gasteiger partial charge in [0.15, 0.2) is 5.96 Å². The molecule has 6 nitrogen and oxygen atoms in total. The summed E-state index contributed by atoms with van der Waals surface area (Å²) in [5, 5.41) is 9.66. The molecule has 6 heteroatoms. The van der Waals surface area contributed by atoms with Gasteiger partial charge in [0.05, 0.1) is 24.3 Å². The van der Waals surface area contributed by atoms with Gasteiger partial charge in [0.25, 0.3) is 0 Å². The van der Waals surface area contributed by atoms with E-state index in [9.17, 15) is 4.79 Å². The molecule has 28 heavy (non-hydrogen) atoms. The number of furan rings is 1. The highest BCUT2D eigenvalue weighted by Crippen LogP contribution is 2.16. The fraction of sp³-hybridized carbons (Fsp3) is 0.455. The molecule has 0 radical (unpaired) electrons. The Kier molecular flexibility index (Phi) is 8.11. The van der Waals surface area contributed by atoms with Crippen molar-refractivity contribution in [2.75, 3.05) is 19.6 Å². The van der Waals surface area contributed by atoms with E-state index >= 15 is 0 Å². The summed E-state index contributed by atoms with van der Waals surface area (Å²) in [7, 11) is 0. The smallest absolute Gasteiger partial charge is 0.227 e. The number of carbonyl (C=O) groups excluding carboxylic acids is 1. The van der Waals surface area contributed by atoms with Crippen molar-refractivity contribution in [2.24, 2.45) is 10.4 Å². The Balaban J connectivity index is 2.04. The second-order valence-corrected chi connectivity index (χ2v) is 7.44. The first-order valence-electron chi connectivity index (χ1n) is 9.83. The van der Waals surface area contributed by atoms with Crippen LogP contribution in [0, 0.1) is 5.41 Å². The third kappa shape index (κ3) is 6.76. The largest absolute Gasteiger partial charge is 0.469 e. The number of nitrogens with one attached hydrogen (secondary N) is 3. The molecule has 2 aromatic rings. The van der Waals surface area contributed by atoms with Crippen molar-refractivity contribution >= 4 is 11.9 Å². The van der Waals surface area contributed by atoms with E-state index in [0.717, 1.165) is 12.2 Å². The highest BCUT2D eigenvalue weighted by atomic mass is 16.3. The molecule has 0 aliphatic carbocycles. The minimum absolute atomic E-state index is 0.00444. The Morgan fingerprint density at radius 3 is 2.54 bits per heavy atom. The zero-order valence-electron chi connectivity index (χ0n) is 17.3. The first-order chi connectivity index (χ1) is 13.4. The maximum atomic E-state index is 12.3. The first kappa shape index (κ1) is 21.5. The number of hydrogen-bond acceptors (Lipinski definition) is 3. The van der Waals surface area contributed by atoms with Crippen LogP contribution in [-0.4, -0.2) is 31.5 Å². The zero-order chi connectivity index (χ0) is 20.4. The quantitative estimate of drug-likeness (QED) is 0.458. The van der Waals surface area contributed by atoms with Crippen LogP contribution in [0.5, 0.6) is 0 Å². The van der Waals surface area contributed by atoms with E-state index in [0.29, 0.717) is 25.6 Å². The monoisotopic (exact) mass is 384 g/mol. The molecule has 1 amide bonds. The topological polar surface area (TPSA) is 78.7 Å². The van der Waals surface area contributed by atoms with Crippen molar-refractivity contribution in [1.29, 1.82) is 0 Å². The van der Waals surface area contributed by atoms with Crippen LogP contribution in [-0.2, 0) is 11.2 Å². The number of carbonyl (C=O) groups is 1. The molecule has 3 N–H and O–H groups in total. The molecule has 1 aromatic heterocycles. The van der Waals surface area contributed by atoms with Crippen molar-refractivity contribution in [3.8, 4) is 0 Å². The minimum Gasteiger partial charge on any atom is -0.469 e. The van der Waals surface area contributed by atoms with Gasteiger partial charge >= 0.3 is 0 Å². The molecule has 0 bridgehead atoms. The normalized spacial score (nSPS) is 13.1. The molecule has 0 saturated heterocycles. The average Bonchev–Trinajstić information content (AvgIpc) is 3.20. The summed E-state index contributed by atoms with van der Waals surface area (Å²) in [5.41, 5.74) is 0.591. The van der Waals surface area contributed by atoms with E-state index in [2.05, 4.69) is 40.0 Å². The Labute approximate surface area is 167 Å². The maximum Gasteiger partial charge on any atom is 0.227 e. The van der Waals surface area contributed by atoms with E-state index in [1.165, 1.54) is 5.56 Å². The van der Waals surface area contributed by atoms with Gasteiger partial charge in [-0.3, -0.25) is 9.79 Å². The van der Waals surface area contributed by atoms with Gasteiger partial charge in [-0.2, -0.15) is 0 Å². The lowest BCUT2D eigenvalue weighted by molar-refractivity contribution is -0.128. The third-order valence-electron chi connectivity index (χ3n) is 4.48. The summed E-state index contributed by atoms with van der Waals surface area (Å²) in [4.78, 5) is 16.9. The predicted octanol–water partition coefficient (Wildman–Crippen LogP) is 3.28. The van der Waals surface area contributed by atoms with Gasteiger partial charge in [0.1, 0.15) is 5.76 Å². The van der Waals surface area contributed by atoms with Gasteiger partial charge in [-0.05, 0) is 45.4 Å². The Bertz CT molecular complexity index is 739. The number of hydrogen-bond donors (Lipinski definition) is 3. The number of amides is 1. The lowest BCUT2D eigenvalue weighted by Crippen LogP contribution is -2.42. The summed E-state index contributed by atoms with van der Waals surface area (Å²) in [6.07, 6.45) is 2.43. The molecule has 0 aliphatic rings. The number of nitrogens with zero attached hydrogens (tertiary/aromatic N) is 1. The van der Waals surface area contributed by atoms with Crippen LogP contribution in [0.25, 0.3) is 0 Å². The second kappa shape index (κ2) is 10.5. The summed E-state index contributed by atoms with van der Waals surface area (Å²) in [6, 6.07) is 14.1. The van der Waals surface area contributed by atoms with Crippen LogP contribution in [0.3, 0.4) is 0 Å². The molecule has 2 rings (SSSR count). The molecule has 1 unspecified atom stereocenters. The van der Waals surface area contributed by atoms with Crippen LogP contribution in [0.15, 0.2) is 58.1 Å². The van der Waals surface area contributed by atoms with E-state index in [-0.39, 0.29) is 11.9 Å². The van der Waals surface area contributed by atoms with Crippen LogP contribution in [0.4, 0.5) is 0 Å². The van der Waals surface area contributed by atoms with E-state index in [4.69, 9.17) is 4.42 Å². The van der Waals surface area contributed by atoms with Gasteiger partial charge in [-0.1, -0.05) is 30.3 Å². The minimum atomic E-state index is -0.582. The van der Waals surface area contributed by atoms with Crippen molar-refractivity contribution < 1.29 is 9.21 Å². The van der Waals surface area contributed by atoms with Crippen LogP contribution in [0.1, 0.15) is 45.1 Å². The molecule has 152 valence electrons. The van der Waals surface area contributed by atoms with E-state index < -0.39 is 5.41 Å². The summed E-state index contributed by atoms with van der Waals surface area (Å²) < 4.78 is 5.39. The maximum absolute atomic E-state index is 12.3. The van der Waals surface area contributed by atoms with Gasteiger partial charge in [0, 0.05) is 19.5 Å². The molecule has 0 saturated carbocycles. The number of rotatable bonds is 9. The molecule has 1 aromatic carbocycles. The van der Waals surface area contributed by atoms with Crippen LogP contribution in [0.2, 0.25) is 0 Å². The Hall–Kier alpha value is -2.76. The third-order valence-corrected chi connectivity index (χ3v) is 4.48. The van der Waals surface area contributed by atoms with Gasteiger partial charge in [-0.25, -0.2) is 0 Å². The molecule has 1 heterocycles. The lowest BCUT2D eigenvalue weighted by Gasteiger charge is -2.23. The second-order valence-electron chi connectivity index (χ2n) is 7.44. The summed E-state index contributed by atoms with van der Waals surface area (Å²) in [5.74, 6) is 1.61. The standard InChI is InChI=1S/C22H32N4O2/c1-5-23-20(27)22(3,4)16-25-21(24-14-13-19-12-9-15-28-19)26-17(2)18-10-7-6-8-11-18/h6-12,15,17H,5,13-14,16H2,1-4H3,(H,23,27)(H2,24,25,26). The molecular formula is C22H32N4O2. The number of aliphatic imine (C=N–C) groups is 1. The Morgan fingerprint density at radius 2 is 1.89 bits per heavy atom. The highest BCUT2D eigenvalue weighted by molar-refractivity contribution is 5.83. The van der Waals surface area contributed by atoms with E-state index in [1.54, 1.807) is 6.26 Å². The van der Waals surface area contributed by atoms with Crippen LogP contribution < -0.4 is 16.0 Å². The highest BCUT2D eigenvalue weighted by Gasteiger charge is 2.27. The van der Waals surface area contributed by atoms with E-state index in [1.807, 2.05) is 51.1 Å². The molecule has 0 spiro atoms. The molecule has 0 aliphatic heterocycles. The summed E-state index contributed by atoms with van der Waals surface area (Å²) in [6.45, 7) is 9.50. The van der Waals surface area contributed by atoms with Crippen LogP contribution >= 0.6 is 0 Å². The average molecular weight is 385 g/mol. The van der Waals surface area contributed by atoms with Gasteiger partial charge < -0.3 is 20.4 Å². The van der Waals surface area contributed by atoms with Crippen molar-refractivity contribution in [3.05, 3.63) is 60.1 Å².